The van der Waals surface area contributed by atoms with Gasteiger partial charge in [0, 0.05) is 18.1 Å². The smallest absolute Gasteiger partial charge is 0.148 e. The Bertz CT molecular complexity index is 536. The van der Waals surface area contributed by atoms with Gasteiger partial charge in [0.2, 0.25) is 0 Å². The largest absolute Gasteiger partial charge is 0.486 e. The molecule has 5 heteroatoms. The lowest BCUT2D eigenvalue weighted by atomic mass is 10.3. The summed E-state index contributed by atoms with van der Waals surface area (Å²) in [7, 11) is 0. The number of rotatable bonds is 3. The Morgan fingerprint density at radius 1 is 1.33 bits per heavy atom. The van der Waals surface area contributed by atoms with Crippen molar-refractivity contribution in [3.8, 4) is 5.75 Å². The molecule has 0 amide bonds. The summed E-state index contributed by atoms with van der Waals surface area (Å²) in [4.78, 5) is 4.38. The van der Waals surface area contributed by atoms with Gasteiger partial charge in [0.15, 0.2) is 0 Å². The summed E-state index contributed by atoms with van der Waals surface area (Å²) in [5.41, 5.74) is 0. The van der Waals surface area contributed by atoms with Crippen molar-refractivity contribution in [2.24, 2.45) is 0 Å². The first-order valence-electron chi connectivity index (χ1n) is 5.99. The fourth-order valence-corrected chi connectivity index (χ4v) is 2.18. The van der Waals surface area contributed by atoms with E-state index in [0.29, 0.717) is 11.6 Å². The first kappa shape index (κ1) is 11.4. The molecule has 1 N–H and O–H groups in total. The molecule has 1 aromatic carbocycles. The highest BCUT2D eigenvalue weighted by molar-refractivity contribution is 6.30. The molecule has 0 unspecified atom stereocenters. The van der Waals surface area contributed by atoms with E-state index in [1.54, 1.807) is 0 Å². The topological polar surface area (TPSA) is 39.1 Å². The first-order valence-corrected chi connectivity index (χ1v) is 6.37. The Labute approximate surface area is 111 Å². The minimum absolute atomic E-state index is 0.476. The number of hydrogen-bond acceptors (Lipinski definition) is 3. The van der Waals surface area contributed by atoms with Gasteiger partial charge >= 0.3 is 0 Å². The van der Waals surface area contributed by atoms with E-state index in [2.05, 4.69) is 14.9 Å². The van der Waals surface area contributed by atoms with Crippen molar-refractivity contribution in [1.29, 1.82) is 0 Å². The maximum absolute atomic E-state index is 5.83. The predicted octanol–water partition coefficient (Wildman–Crippen LogP) is 2.93. The molecule has 4 nitrogen and oxygen atoms in total. The molecule has 3 rings (SSSR count). The average molecular weight is 264 g/mol. The van der Waals surface area contributed by atoms with Crippen LogP contribution in [0.4, 0.5) is 5.82 Å². The van der Waals surface area contributed by atoms with Crippen LogP contribution in [0, 0.1) is 0 Å². The van der Waals surface area contributed by atoms with E-state index in [0.717, 1.165) is 36.9 Å². The summed E-state index contributed by atoms with van der Waals surface area (Å²) in [5.74, 6) is 2.84. The quantitative estimate of drug-likeness (QED) is 0.925. The van der Waals surface area contributed by atoms with E-state index in [-0.39, 0.29) is 0 Å². The minimum Gasteiger partial charge on any atom is -0.486 e. The normalized spacial score (nSPS) is 13.8. The van der Waals surface area contributed by atoms with Gasteiger partial charge in [0.1, 0.15) is 24.0 Å². The number of aromatic nitrogens is 2. The number of ether oxygens (including phenoxy) is 1. The first-order chi connectivity index (χ1) is 8.83. The third-order valence-corrected chi connectivity index (χ3v) is 3.24. The summed E-state index contributed by atoms with van der Waals surface area (Å²) in [6, 6.07) is 7.36. The number of halogens is 1. The lowest BCUT2D eigenvalue weighted by Crippen LogP contribution is -2.18. The SMILES string of the molecule is Clc1ccc(OCc2ncc3n2CCCN3)cc1. The number of nitrogens with zero attached hydrogens (tertiary/aromatic N) is 2. The van der Waals surface area contributed by atoms with Crippen LogP contribution in [0.2, 0.25) is 5.02 Å². The fourth-order valence-electron chi connectivity index (χ4n) is 2.05. The van der Waals surface area contributed by atoms with Gasteiger partial charge in [-0.2, -0.15) is 0 Å². The Morgan fingerprint density at radius 3 is 3.00 bits per heavy atom. The zero-order chi connectivity index (χ0) is 12.4. The van der Waals surface area contributed by atoms with Crippen molar-refractivity contribution in [3.63, 3.8) is 0 Å². The summed E-state index contributed by atoms with van der Waals surface area (Å²) in [5, 5.41) is 4.03. The van der Waals surface area contributed by atoms with E-state index < -0.39 is 0 Å². The van der Waals surface area contributed by atoms with Crippen LogP contribution in [-0.2, 0) is 13.2 Å². The molecule has 2 aromatic rings. The molecule has 1 aromatic heterocycles. The number of benzene rings is 1. The highest BCUT2D eigenvalue weighted by Crippen LogP contribution is 2.19. The Balaban J connectivity index is 1.70. The van der Waals surface area contributed by atoms with Crippen molar-refractivity contribution in [3.05, 3.63) is 41.3 Å². The van der Waals surface area contributed by atoms with Gasteiger partial charge in [-0.25, -0.2) is 4.98 Å². The zero-order valence-electron chi connectivity index (χ0n) is 9.90. The number of fused-ring (bicyclic) bond motifs is 1. The Hall–Kier alpha value is -1.68. The van der Waals surface area contributed by atoms with E-state index in [4.69, 9.17) is 16.3 Å². The maximum atomic E-state index is 5.83. The molecule has 2 heterocycles. The number of nitrogens with one attached hydrogen (secondary N) is 1. The molecule has 94 valence electrons. The summed E-state index contributed by atoms with van der Waals surface area (Å²) < 4.78 is 7.87. The maximum Gasteiger partial charge on any atom is 0.148 e. The van der Waals surface area contributed by atoms with E-state index in [9.17, 15) is 0 Å². The fraction of sp³-hybridized carbons (Fsp3) is 0.308. The molecular weight excluding hydrogens is 250 g/mol. The van der Waals surface area contributed by atoms with Crippen LogP contribution in [0.25, 0.3) is 0 Å². The van der Waals surface area contributed by atoms with Crippen LogP contribution >= 0.6 is 11.6 Å². The number of hydrogen-bond donors (Lipinski definition) is 1. The molecule has 0 fully saturated rings. The standard InChI is InChI=1S/C13H14ClN3O/c14-10-2-4-11(5-3-10)18-9-13-16-8-12-15-6-1-7-17(12)13/h2-5,8,15H,1,6-7,9H2. The summed E-state index contributed by atoms with van der Waals surface area (Å²) in [6.07, 6.45) is 2.98. The third-order valence-electron chi connectivity index (χ3n) is 2.98. The van der Waals surface area contributed by atoms with E-state index in [1.807, 2.05) is 30.5 Å². The van der Waals surface area contributed by atoms with Crippen molar-refractivity contribution >= 4 is 17.4 Å². The third kappa shape index (κ3) is 2.29. The van der Waals surface area contributed by atoms with E-state index in [1.165, 1.54) is 0 Å². The second-order valence-electron chi connectivity index (χ2n) is 4.23. The molecule has 1 aliphatic rings. The number of anilines is 1. The van der Waals surface area contributed by atoms with Crippen molar-refractivity contribution in [1.82, 2.24) is 9.55 Å². The van der Waals surface area contributed by atoms with Crippen molar-refractivity contribution < 1.29 is 4.74 Å². The second kappa shape index (κ2) is 4.90. The molecule has 0 aliphatic carbocycles. The van der Waals surface area contributed by atoms with Gasteiger partial charge in [-0.1, -0.05) is 11.6 Å². The second-order valence-corrected chi connectivity index (χ2v) is 4.67. The van der Waals surface area contributed by atoms with Gasteiger partial charge in [-0.3, -0.25) is 0 Å². The van der Waals surface area contributed by atoms with Gasteiger partial charge in [-0.15, -0.1) is 0 Å². The molecule has 1 aliphatic heterocycles. The van der Waals surface area contributed by atoms with Crippen molar-refractivity contribution in [2.75, 3.05) is 11.9 Å². The van der Waals surface area contributed by atoms with Crippen LogP contribution in [0.3, 0.4) is 0 Å². The molecule has 18 heavy (non-hydrogen) atoms. The lowest BCUT2D eigenvalue weighted by Gasteiger charge is -2.18. The van der Waals surface area contributed by atoms with Crippen LogP contribution in [0.1, 0.15) is 12.2 Å². The molecule has 0 saturated heterocycles. The van der Waals surface area contributed by atoms with E-state index >= 15 is 0 Å². The summed E-state index contributed by atoms with van der Waals surface area (Å²) in [6.45, 7) is 2.49. The molecule has 0 spiro atoms. The number of imidazole rings is 1. The monoisotopic (exact) mass is 263 g/mol. The van der Waals surface area contributed by atoms with Gasteiger partial charge in [0.25, 0.3) is 0 Å². The van der Waals surface area contributed by atoms with Crippen LogP contribution in [0.5, 0.6) is 5.75 Å². The van der Waals surface area contributed by atoms with Gasteiger partial charge in [-0.05, 0) is 30.7 Å². The molecular formula is C13H14ClN3O. The highest BCUT2D eigenvalue weighted by atomic mass is 35.5. The molecule has 0 saturated carbocycles. The summed E-state index contributed by atoms with van der Waals surface area (Å²) >= 11 is 5.83. The van der Waals surface area contributed by atoms with Gasteiger partial charge in [0.05, 0.1) is 6.20 Å². The Kier molecular flexibility index (Phi) is 3.11. The minimum atomic E-state index is 0.476. The zero-order valence-corrected chi connectivity index (χ0v) is 10.7. The predicted molar refractivity (Wildman–Crippen MR) is 71.1 cm³/mol. The van der Waals surface area contributed by atoms with Crippen LogP contribution in [-0.4, -0.2) is 16.1 Å². The molecule has 0 atom stereocenters. The molecule has 0 radical (unpaired) electrons. The molecule has 0 bridgehead atoms. The van der Waals surface area contributed by atoms with Crippen LogP contribution < -0.4 is 10.1 Å². The van der Waals surface area contributed by atoms with Crippen LogP contribution in [0.15, 0.2) is 30.5 Å². The Morgan fingerprint density at radius 2 is 2.17 bits per heavy atom. The van der Waals surface area contributed by atoms with Gasteiger partial charge < -0.3 is 14.6 Å². The van der Waals surface area contributed by atoms with Crippen molar-refractivity contribution in [2.45, 2.75) is 19.6 Å². The highest BCUT2D eigenvalue weighted by Gasteiger charge is 2.13. The average Bonchev–Trinajstić information content (AvgIpc) is 2.82. The lowest BCUT2D eigenvalue weighted by molar-refractivity contribution is 0.288.